The van der Waals surface area contributed by atoms with Crippen molar-refractivity contribution in [2.45, 2.75) is 92.9 Å². The lowest BCUT2D eigenvalue weighted by molar-refractivity contribution is -0.127. The van der Waals surface area contributed by atoms with E-state index in [2.05, 4.69) is 44.4 Å². The fraction of sp³-hybridized carbons (Fsp3) is 0.531. The number of carbonyl (C=O) groups is 2. The molecule has 9 nitrogen and oxygen atoms in total. The predicted molar refractivity (Wildman–Crippen MR) is 168 cm³/mol. The molecular formula is C32H41F2N7O2S. The van der Waals surface area contributed by atoms with Gasteiger partial charge in [0.2, 0.25) is 5.95 Å². The summed E-state index contributed by atoms with van der Waals surface area (Å²) in [7, 11) is 0. The van der Waals surface area contributed by atoms with Crippen molar-refractivity contribution in [3.63, 3.8) is 0 Å². The highest BCUT2D eigenvalue weighted by molar-refractivity contribution is 7.14. The summed E-state index contributed by atoms with van der Waals surface area (Å²) in [6, 6.07) is 6.57. The lowest BCUT2D eigenvalue weighted by atomic mass is 9.88. The Labute approximate surface area is 261 Å². The number of thiophene rings is 1. The van der Waals surface area contributed by atoms with Gasteiger partial charge in [-0.3, -0.25) is 19.5 Å². The number of hydrogen-bond acceptors (Lipinski definition) is 7. The average molecular weight is 626 g/mol. The van der Waals surface area contributed by atoms with Crippen LogP contribution in [0.25, 0.3) is 11.2 Å². The Morgan fingerprint density at radius 3 is 2.57 bits per heavy atom. The van der Waals surface area contributed by atoms with Crippen molar-refractivity contribution in [2.24, 2.45) is 10.8 Å². The third-order valence-corrected chi connectivity index (χ3v) is 8.89. The average Bonchev–Trinajstić information content (AvgIpc) is 3.68. The summed E-state index contributed by atoms with van der Waals surface area (Å²) < 4.78 is 28.1. The van der Waals surface area contributed by atoms with Gasteiger partial charge < -0.3 is 10.2 Å². The standard InChI is InChI=1S/C32H41F2N7O2S/c1-19(32(5,6)7)36-16-20-13-23-27(37-17-20)41(30(38-23)39-28(42)25-11-10-24(44-25)26(33)34)18-22-9-8-12-40(22)29(43)21(15-35)14-31(2,3)4/h10-11,13-14,17,19,22,26,36H,8-9,12,16,18H2,1-7H3,(H,38,39,42)/t19-,22+/m0/s1. The summed E-state index contributed by atoms with van der Waals surface area (Å²) in [5, 5.41) is 16.1. The molecule has 0 aliphatic carbocycles. The molecule has 44 heavy (non-hydrogen) atoms. The molecule has 3 aromatic heterocycles. The maximum absolute atomic E-state index is 13.5. The molecule has 4 heterocycles. The fourth-order valence-corrected chi connectivity index (χ4v) is 5.74. The monoisotopic (exact) mass is 625 g/mol. The molecule has 0 radical (unpaired) electrons. The second-order valence-electron chi connectivity index (χ2n) is 13.5. The Kier molecular flexibility index (Phi) is 9.90. The van der Waals surface area contributed by atoms with Gasteiger partial charge in [-0.25, -0.2) is 18.7 Å². The number of carbonyl (C=O) groups excluding carboxylic acids is 2. The van der Waals surface area contributed by atoms with Gasteiger partial charge in [0, 0.05) is 31.9 Å². The third kappa shape index (κ3) is 7.87. The molecule has 1 saturated heterocycles. The maximum atomic E-state index is 13.5. The van der Waals surface area contributed by atoms with Crippen molar-refractivity contribution in [2.75, 3.05) is 11.9 Å². The molecule has 4 rings (SSSR count). The van der Waals surface area contributed by atoms with Crippen LogP contribution in [0.4, 0.5) is 14.7 Å². The number of amides is 2. The maximum Gasteiger partial charge on any atom is 0.272 e. The van der Waals surface area contributed by atoms with Crippen molar-refractivity contribution in [3.8, 4) is 6.07 Å². The second kappa shape index (κ2) is 13.1. The quantitative estimate of drug-likeness (QED) is 0.202. The number of hydrogen-bond donors (Lipinski definition) is 2. The zero-order valence-electron chi connectivity index (χ0n) is 26.4. The molecule has 1 aliphatic rings. The minimum atomic E-state index is -2.67. The van der Waals surface area contributed by atoms with E-state index in [1.165, 1.54) is 12.1 Å². The number of nitrogens with zero attached hydrogens (tertiary/aromatic N) is 5. The van der Waals surface area contributed by atoms with Gasteiger partial charge in [0.05, 0.1) is 15.8 Å². The number of halogens is 2. The first-order chi connectivity index (χ1) is 20.6. The first-order valence-electron chi connectivity index (χ1n) is 14.8. The van der Waals surface area contributed by atoms with Crippen LogP contribution in [0.1, 0.15) is 87.8 Å². The molecule has 3 aromatic rings. The van der Waals surface area contributed by atoms with Crippen LogP contribution < -0.4 is 10.6 Å². The van der Waals surface area contributed by atoms with Gasteiger partial charge in [-0.1, -0.05) is 47.6 Å². The van der Waals surface area contributed by atoms with E-state index in [0.717, 1.165) is 23.3 Å². The Hall–Kier alpha value is -3.69. The summed E-state index contributed by atoms with van der Waals surface area (Å²) in [5.74, 6) is -0.673. The predicted octanol–water partition coefficient (Wildman–Crippen LogP) is 6.69. The van der Waals surface area contributed by atoms with Gasteiger partial charge in [-0.05, 0) is 54.4 Å². The minimum absolute atomic E-state index is 0.0700. The summed E-state index contributed by atoms with van der Waals surface area (Å²) >= 11 is 0.729. The fourth-order valence-electron chi connectivity index (χ4n) is 4.98. The molecule has 0 unspecified atom stereocenters. The van der Waals surface area contributed by atoms with Crippen molar-refractivity contribution in [3.05, 3.63) is 51.4 Å². The van der Waals surface area contributed by atoms with Crippen LogP contribution in [0.5, 0.6) is 0 Å². The molecule has 1 aliphatic heterocycles. The molecule has 2 N–H and O–H groups in total. The zero-order valence-corrected chi connectivity index (χ0v) is 27.2. The number of nitrogens with one attached hydrogen (secondary N) is 2. The van der Waals surface area contributed by atoms with Gasteiger partial charge in [0.1, 0.15) is 17.2 Å². The highest BCUT2D eigenvalue weighted by atomic mass is 32.1. The SMILES string of the molecule is C[C@H](NCc1cnc2c(c1)nc(NC(=O)c1ccc(C(F)F)s1)n2C[C@H]1CCCN1C(=O)C(C#N)=CC(C)(C)C)C(C)(C)C. The molecule has 0 bridgehead atoms. The van der Waals surface area contributed by atoms with Crippen molar-refractivity contribution >= 4 is 40.3 Å². The van der Waals surface area contributed by atoms with E-state index >= 15 is 0 Å². The van der Waals surface area contributed by atoms with E-state index in [0.29, 0.717) is 30.7 Å². The van der Waals surface area contributed by atoms with Crippen LogP contribution in [0.2, 0.25) is 0 Å². The zero-order chi connectivity index (χ0) is 32.4. The highest BCUT2D eigenvalue weighted by Crippen LogP contribution is 2.30. The number of likely N-dealkylation sites (tertiary alicyclic amines) is 1. The minimum Gasteiger partial charge on any atom is -0.333 e. The van der Waals surface area contributed by atoms with E-state index in [1.807, 2.05) is 26.8 Å². The molecule has 2 atom stereocenters. The molecule has 1 fully saturated rings. The second-order valence-corrected chi connectivity index (χ2v) is 14.6. The van der Waals surface area contributed by atoms with E-state index < -0.39 is 12.3 Å². The topological polar surface area (TPSA) is 116 Å². The van der Waals surface area contributed by atoms with E-state index in [-0.39, 0.29) is 56.6 Å². The van der Waals surface area contributed by atoms with Crippen molar-refractivity contribution in [1.82, 2.24) is 24.8 Å². The third-order valence-electron chi connectivity index (χ3n) is 7.80. The normalized spacial score (nSPS) is 16.9. The van der Waals surface area contributed by atoms with Crippen LogP contribution in [0.3, 0.4) is 0 Å². The number of alkyl halides is 2. The number of allylic oxidation sites excluding steroid dienone is 1. The Bertz CT molecular complexity index is 1590. The van der Waals surface area contributed by atoms with E-state index in [1.54, 1.807) is 21.7 Å². The number of anilines is 1. The smallest absolute Gasteiger partial charge is 0.272 e. The number of pyridine rings is 1. The molecule has 236 valence electrons. The lowest BCUT2D eigenvalue weighted by Gasteiger charge is -2.28. The summed E-state index contributed by atoms with van der Waals surface area (Å²) in [6.07, 6.45) is 2.25. The van der Waals surface area contributed by atoms with Gasteiger partial charge >= 0.3 is 0 Å². The van der Waals surface area contributed by atoms with Gasteiger partial charge in [0.25, 0.3) is 18.2 Å². The number of imidazole rings is 1. The molecular weight excluding hydrogens is 584 g/mol. The van der Waals surface area contributed by atoms with Gasteiger partial charge in [-0.2, -0.15) is 5.26 Å². The van der Waals surface area contributed by atoms with Crippen LogP contribution in [0.15, 0.2) is 36.0 Å². The van der Waals surface area contributed by atoms with Crippen LogP contribution in [-0.4, -0.2) is 49.9 Å². The number of nitriles is 1. The molecule has 0 saturated carbocycles. The first-order valence-corrected chi connectivity index (χ1v) is 15.6. The molecule has 2 amide bonds. The van der Waals surface area contributed by atoms with Gasteiger partial charge in [-0.15, -0.1) is 11.3 Å². The van der Waals surface area contributed by atoms with Crippen LogP contribution >= 0.6 is 11.3 Å². The number of fused-ring (bicyclic) bond motifs is 1. The lowest BCUT2D eigenvalue weighted by Crippen LogP contribution is -2.39. The number of rotatable bonds is 9. The van der Waals surface area contributed by atoms with Crippen LogP contribution in [0, 0.1) is 22.2 Å². The van der Waals surface area contributed by atoms with E-state index in [4.69, 9.17) is 9.97 Å². The molecule has 12 heteroatoms. The summed E-state index contributed by atoms with van der Waals surface area (Å²) in [6.45, 7) is 15.8. The summed E-state index contributed by atoms with van der Waals surface area (Å²) in [4.78, 5) is 37.7. The molecule has 0 spiro atoms. The van der Waals surface area contributed by atoms with Crippen molar-refractivity contribution < 1.29 is 18.4 Å². The van der Waals surface area contributed by atoms with Crippen LogP contribution in [-0.2, 0) is 17.9 Å². The Balaban J connectivity index is 1.67. The van der Waals surface area contributed by atoms with E-state index in [9.17, 15) is 23.6 Å². The first kappa shape index (κ1) is 33.2. The Morgan fingerprint density at radius 2 is 1.95 bits per heavy atom. The van der Waals surface area contributed by atoms with Crippen molar-refractivity contribution in [1.29, 1.82) is 5.26 Å². The largest absolute Gasteiger partial charge is 0.333 e. The highest BCUT2D eigenvalue weighted by Gasteiger charge is 2.33. The number of aromatic nitrogens is 3. The molecule has 0 aromatic carbocycles. The van der Waals surface area contributed by atoms with Gasteiger partial charge in [0.15, 0.2) is 5.65 Å². The summed E-state index contributed by atoms with van der Waals surface area (Å²) in [5.41, 5.74) is 1.82. The Morgan fingerprint density at radius 1 is 1.23 bits per heavy atom.